The van der Waals surface area contributed by atoms with Crippen LogP contribution >= 0.6 is 22.6 Å². The maximum atomic E-state index is 11.8. The molecule has 17 heavy (non-hydrogen) atoms. The molecule has 0 fully saturated rings. The van der Waals surface area contributed by atoms with Gasteiger partial charge in [0.25, 0.3) is 0 Å². The Morgan fingerprint density at radius 1 is 1.41 bits per heavy atom. The molecular formula is C13H19IN2O. The van der Waals surface area contributed by atoms with E-state index in [0.717, 1.165) is 22.2 Å². The van der Waals surface area contributed by atoms with E-state index in [4.69, 9.17) is 0 Å². The van der Waals surface area contributed by atoms with Gasteiger partial charge in [0.2, 0.25) is 0 Å². The van der Waals surface area contributed by atoms with E-state index in [1.165, 1.54) is 12.8 Å². The maximum Gasteiger partial charge on any atom is 0.321 e. The molecule has 0 atom stereocenters. The maximum absolute atomic E-state index is 11.8. The second-order valence-corrected chi connectivity index (χ2v) is 5.31. The van der Waals surface area contributed by atoms with E-state index < -0.39 is 0 Å². The van der Waals surface area contributed by atoms with Crippen molar-refractivity contribution in [1.29, 1.82) is 0 Å². The average molecular weight is 346 g/mol. The molecule has 4 heteroatoms. The zero-order chi connectivity index (χ0) is 12.7. The summed E-state index contributed by atoms with van der Waals surface area (Å²) in [7, 11) is 1.83. The predicted octanol–water partition coefficient (Wildman–Crippen LogP) is 3.95. The fourth-order valence-electron chi connectivity index (χ4n) is 1.49. The van der Waals surface area contributed by atoms with Crippen molar-refractivity contribution < 1.29 is 4.79 Å². The number of amides is 2. The molecule has 1 aromatic carbocycles. The summed E-state index contributed by atoms with van der Waals surface area (Å²) in [4.78, 5) is 13.6. The topological polar surface area (TPSA) is 32.3 Å². The Bertz CT molecular complexity index is 368. The molecule has 2 amide bonds. The van der Waals surface area contributed by atoms with Gasteiger partial charge in [-0.2, -0.15) is 0 Å². The Balaban J connectivity index is 2.43. The number of anilines is 1. The van der Waals surface area contributed by atoms with E-state index in [0.29, 0.717) is 0 Å². The van der Waals surface area contributed by atoms with E-state index in [1.807, 2.05) is 31.3 Å². The molecule has 0 unspecified atom stereocenters. The molecule has 0 radical (unpaired) electrons. The van der Waals surface area contributed by atoms with Crippen LogP contribution in [0.2, 0.25) is 0 Å². The largest absolute Gasteiger partial charge is 0.328 e. The van der Waals surface area contributed by atoms with Gasteiger partial charge in [0, 0.05) is 22.8 Å². The molecule has 0 aromatic heterocycles. The van der Waals surface area contributed by atoms with Gasteiger partial charge in [0.05, 0.1) is 0 Å². The predicted molar refractivity (Wildman–Crippen MR) is 80.3 cm³/mol. The molecule has 1 aromatic rings. The molecule has 0 spiro atoms. The summed E-state index contributed by atoms with van der Waals surface area (Å²) in [6.07, 6.45) is 3.40. The summed E-state index contributed by atoms with van der Waals surface area (Å²) >= 11 is 2.23. The van der Waals surface area contributed by atoms with E-state index in [-0.39, 0.29) is 6.03 Å². The molecule has 94 valence electrons. The molecular weight excluding hydrogens is 327 g/mol. The van der Waals surface area contributed by atoms with Crippen molar-refractivity contribution >= 4 is 34.3 Å². The smallest absolute Gasteiger partial charge is 0.321 e. The number of nitrogens with one attached hydrogen (secondary N) is 1. The number of hydrogen-bond acceptors (Lipinski definition) is 1. The van der Waals surface area contributed by atoms with Crippen molar-refractivity contribution in [2.24, 2.45) is 0 Å². The van der Waals surface area contributed by atoms with Gasteiger partial charge in [0.15, 0.2) is 0 Å². The van der Waals surface area contributed by atoms with E-state index in [2.05, 4.69) is 34.8 Å². The van der Waals surface area contributed by atoms with E-state index >= 15 is 0 Å². The third-order valence-corrected chi connectivity index (χ3v) is 3.19. The third kappa shape index (κ3) is 5.39. The molecule has 0 aliphatic carbocycles. The number of rotatable bonds is 5. The van der Waals surface area contributed by atoms with Crippen LogP contribution in [0.5, 0.6) is 0 Å². The standard InChI is InChI=1S/C13H19IN2O/c1-3-4-5-9-16(2)13(17)15-12-8-6-7-11(14)10-12/h6-8,10H,3-5,9H2,1-2H3,(H,15,17). The van der Waals surface area contributed by atoms with Crippen molar-refractivity contribution in [3.63, 3.8) is 0 Å². The lowest BCUT2D eigenvalue weighted by atomic mass is 10.2. The second kappa shape index (κ2) is 7.53. The van der Waals surface area contributed by atoms with Crippen LogP contribution in [0.4, 0.5) is 10.5 Å². The van der Waals surface area contributed by atoms with Crippen LogP contribution in [0.1, 0.15) is 26.2 Å². The SMILES string of the molecule is CCCCCN(C)C(=O)Nc1cccc(I)c1. The molecule has 1 N–H and O–H groups in total. The monoisotopic (exact) mass is 346 g/mol. The van der Waals surface area contributed by atoms with Gasteiger partial charge in [-0.3, -0.25) is 0 Å². The van der Waals surface area contributed by atoms with E-state index in [1.54, 1.807) is 4.90 Å². The Kier molecular flexibility index (Phi) is 6.32. The van der Waals surface area contributed by atoms with Crippen LogP contribution in [0.3, 0.4) is 0 Å². The number of unbranched alkanes of at least 4 members (excludes halogenated alkanes) is 2. The van der Waals surface area contributed by atoms with Gasteiger partial charge < -0.3 is 10.2 Å². The molecule has 0 saturated carbocycles. The van der Waals surface area contributed by atoms with Crippen LogP contribution in [0, 0.1) is 3.57 Å². The Morgan fingerprint density at radius 3 is 2.82 bits per heavy atom. The lowest BCUT2D eigenvalue weighted by molar-refractivity contribution is 0.221. The first-order valence-electron chi connectivity index (χ1n) is 5.91. The number of halogens is 1. The number of hydrogen-bond donors (Lipinski definition) is 1. The zero-order valence-corrected chi connectivity index (χ0v) is 12.5. The number of nitrogens with zero attached hydrogens (tertiary/aromatic N) is 1. The first-order valence-corrected chi connectivity index (χ1v) is 6.99. The number of carbonyl (C=O) groups is 1. The molecule has 0 bridgehead atoms. The zero-order valence-electron chi connectivity index (χ0n) is 10.4. The number of urea groups is 1. The summed E-state index contributed by atoms with van der Waals surface area (Å²) in [5.74, 6) is 0. The molecule has 0 saturated heterocycles. The number of benzene rings is 1. The summed E-state index contributed by atoms with van der Waals surface area (Å²) in [6, 6.07) is 7.76. The lowest BCUT2D eigenvalue weighted by Crippen LogP contribution is -2.32. The van der Waals surface area contributed by atoms with Gasteiger partial charge in [-0.25, -0.2) is 4.79 Å². The highest BCUT2D eigenvalue weighted by Crippen LogP contribution is 2.12. The minimum absolute atomic E-state index is 0.0388. The molecule has 3 nitrogen and oxygen atoms in total. The normalized spacial score (nSPS) is 10.1. The highest BCUT2D eigenvalue weighted by molar-refractivity contribution is 14.1. The van der Waals surface area contributed by atoms with Crippen molar-refractivity contribution in [3.8, 4) is 0 Å². The van der Waals surface area contributed by atoms with Crippen LogP contribution in [-0.2, 0) is 0 Å². The Morgan fingerprint density at radius 2 is 2.18 bits per heavy atom. The quantitative estimate of drug-likeness (QED) is 0.636. The summed E-state index contributed by atoms with van der Waals surface area (Å²) < 4.78 is 1.12. The summed E-state index contributed by atoms with van der Waals surface area (Å²) in [5.41, 5.74) is 0.851. The lowest BCUT2D eigenvalue weighted by Gasteiger charge is -2.17. The Hall–Kier alpha value is -0.780. The van der Waals surface area contributed by atoms with Gasteiger partial charge in [-0.15, -0.1) is 0 Å². The minimum atomic E-state index is -0.0388. The van der Waals surface area contributed by atoms with Crippen molar-refractivity contribution in [2.75, 3.05) is 18.9 Å². The minimum Gasteiger partial charge on any atom is -0.328 e. The summed E-state index contributed by atoms with van der Waals surface area (Å²) in [5, 5.41) is 2.89. The van der Waals surface area contributed by atoms with Gasteiger partial charge in [0.1, 0.15) is 0 Å². The fourth-order valence-corrected chi connectivity index (χ4v) is 2.03. The molecule has 0 aliphatic rings. The van der Waals surface area contributed by atoms with Crippen molar-refractivity contribution in [1.82, 2.24) is 4.90 Å². The molecule has 1 rings (SSSR count). The van der Waals surface area contributed by atoms with Crippen LogP contribution in [0.15, 0.2) is 24.3 Å². The first-order chi connectivity index (χ1) is 8.13. The van der Waals surface area contributed by atoms with Crippen LogP contribution < -0.4 is 5.32 Å². The fraction of sp³-hybridized carbons (Fsp3) is 0.462. The van der Waals surface area contributed by atoms with Crippen LogP contribution in [0.25, 0.3) is 0 Å². The second-order valence-electron chi connectivity index (χ2n) is 4.07. The summed E-state index contributed by atoms with van der Waals surface area (Å²) in [6.45, 7) is 2.97. The molecule has 0 aliphatic heterocycles. The molecule has 0 heterocycles. The van der Waals surface area contributed by atoms with Crippen molar-refractivity contribution in [2.45, 2.75) is 26.2 Å². The van der Waals surface area contributed by atoms with Gasteiger partial charge >= 0.3 is 6.03 Å². The number of carbonyl (C=O) groups excluding carboxylic acids is 1. The van der Waals surface area contributed by atoms with Crippen LogP contribution in [-0.4, -0.2) is 24.5 Å². The third-order valence-electron chi connectivity index (χ3n) is 2.52. The first kappa shape index (κ1) is 14.3. The highest BCUT2D eigenvalue weighted by Gasteiger charge is 2.07. The van der Waals surface area contributed by atoms with Gasteiger partial charge in [-0.05, 0) is 47.2 Å². The Labute approximate surface area is 117 Å². The van der Waals surface area contributed by atoms with Crippen molar-refractivity contribution in [3.05, 3.63) is 27.8 Å². The van der Waals surface area contributed by atoms with E-state index in [9.17, 15) is 4.79 Å². The average Bonchev–Trinajstić information content (AvgIpc) is 2.29. The highest BCUT2D eigenvalue weighted by atomic mass is 127. The van der Waals surface area contributed by atoms with Gasteiger partial charge in [-0.1, -0.05) is 25.8 Å².